The molecule has 0 aliphatic heterocycles. The number of hydrazine groups is 1. The first kappa shape index (κ1) is 15.1. The Kier molecular flexibility index (Phi) is 5.68. The van der Waals surface area contributed by atoms with Crippen molar-refractivity contribution in [3.63, 3.8) is 0 Å². The summed E-state index contributed by atoms with van der Waals surface area (Å²) < 4.78 is 10.7. The molecule has 1 atom stereocenters. The number of rotatable bonds is 5. The molecule has 0 spiro atoms. The van der Waals surface area contributed by atoms with E-state index in [1.807, 2.05) is 12.1 Å². The number of benzene rings is 1. The number of methoxy groups -OCH3 is 2. The maximum atomic E-state index is 5.83. The number of hydrogen-bond donors (Lipinski definition) is 2. The third-order valence-corrected chi connectivity index (χ3v) is 4.32. The first-order valence-corrected chi connectivity index (χ1v) is 7.48. The van der Waals surface area contributed by atoms with Crippen molar-refractivity contribution in [2.45, 2.75) is 44.6 Å². The minimum atomic E-state index is 0.188. The molecule has 0 amide bonds. The van der Waals surface area contributed by atoms with E-state index in [-0.39, 0.29) is 6.04 Å². The van der Waals surface area contributed by atoms with E-state index >= 15 is 0 Å². The summed E-state index contributed by atoms with van der Waals surface area (Å²) >= 11 is 0. The molecule has 112 valence electrons. The Bertz CT molecular complexity index is 415. The van der Waals surface area contributed by atoms with Crippen molar-refractivity contribution in [3.05, 3.63) is 23.8 Å². The maximum absolute atomic E-state index is 5.83. The Labute approximate surface area is 121 Å². The van der Waals surface area contributed by atoms with Crippen molar-refractivity contribution in [1.29, 1.82) is 0 Å². The molecule has 1 aliphatic rings. The zero-order valence-electron chi connectivity index (χ0n) is 12.5. The molecule has 4 nitrogen and oxygen atoms in total. The normalized spacial score (nSPS) is 18.4. The van der Waals surface area contributed by atoms with Gasteiger partial charge in [-0.1, -0.05) is 31.7 Å². The fourth-order valence-corrected chi connectivity index (χ4v) is 3.20. The van der Waals surface area contributed by atoms with Crippen molar-refractivity contribution in [2.24, 2.45) is 11.8 Å². The monoisotopic (exact) mass is 278 g/mol. The predicted octanol–water partition coefficient (Wildman–Crippen LogP) is 3.18. The van der Waals surface area contributed by atoms with E-state index in [2.05, 4.69) is 11.5 Å². The Morgan fingerprint density at radius 3 is 2.25 bits per heavy atom. The van der Waals surface area contributed by atoms with Gasteiger partial charge in [0.2, 0.25) is 0 Å². The SMILES string of the molecule is COc1ccc(C(NN)C2CCCCCC2)cc1OC. The molecule has 1 aromatic carbocycles. The van der Waals surface area contributed by atoms with Gasteiger partial charge in [-0.2, -0.15) is 0 Å². The smallest absolute Gasteiger partial charge is 0.161 e. The van der Waals surface area contributed by atoms with Gasteiger partial charge in [0.25, 0.3) is 0 Å². The standard InChI is InChI=1S/C16H26N2O2/c1-19-14-10-9-13(11-15(14)20-2)16(18-17)12-7-5-3-4-6-8-12/h9-12,16,18H,3-8,17H2,1-2H3. The number of nitrogens with one attached hydrogen (secondary N) is 1. The molecular weight excluding hydrogens is 252 g/mol. The van der Waals surface area contributed by atoms with Crippen molar-refractivity contribution < 1.29 is 9.47 Å². The summed E-state index contributed by atoms with van der Waals surface area (Å²) in [6.07, 6.45) is 7.78. The van der Waals surface area contributed by atoms with Crippen LogP contribution in [0.1, 0.15) is 50.1 Å². The largest absolute Gasteiger partial charge is 0.493 e. The van der Waals surface area contributed by atoms with Gasteiger partial charge in [0, 0.05) is 6.04 Å². The zero-order chi connectivity index (χ0) is 14.4. The number of ether oxygens (including phenoxy) is 2. The third kappa shape index (κ3) is 3.44. The second kappa shape index (κ2) is 7.50. The highest BCUT2D eigenvalue weighted by Gasteiger charge is 2.24. The molecule has 4 heteroatoms. The van der Waals surface area contributed by atoms with Gasteiger partial charge in [0.05, 0.1) is 14.2 Å². The number of nitrogens with two attached hydrogens (primary N) is 1. The molecule has 0 aromatic heterocycles. The van der Waals surface area contributed by atoms with Gasteiger partial charge in [0.1, 0.15) is 0 Å². The topological polar surface area (TPSA) is 56.5 Å². The van der Waals surface area contributed by atoms with Crippen molar-refractivity contribution in [2.75, 3.05) is 14.2 Å². The molecule has 3 N–H and O–H groups in total. The minimum absolute atomic E-state index is 0.188. The first-order chi connectivity index (χ1) is 9.80. The van der Waals surface area contributed by atoms with Gasteiger partial charge in [-0.15, -0.1) is 0 Å². The predicted molar refractivity (Wildman–Crippen MR) is 80.8 cm³/mol. The van der Waals surface area contributed by atoms with Crippen LogP contribution in [0.2, 0.25) is 0 Å². The number of hydrogen-bond acceptors (Lipinski definition) is 4. The first-order valence-electron chi connectivity index (χ1n) is 7.48. The van der Waals surface area contributed by atoms with Crippen LogP contribution in [0.15, 0.2) is 18.2 Å². The van der Waals surface area contributed by atoms with Gasteiger partial charge >= 0.3 is 0 Å². The van der Waals surface area contributed by atoms with E-state index in [4.69, 9.17) is 15.3 Å². The minimum Gasteiger partial charge on any atom is -0.493 e. The molecule has 20 heavy (non-hydrogen) atoms. The Balaban J connectivity index is 2.21. The van der Waals surface area contributed by atoms with Crippen molar-refractivity contribution in [3.8, 4) is 11.5 Å². The van der Waals surface area contributed by atoms with Crippen LogP contribution < -0.4 is 20.7 Å². The molecule has 0 saturated heterocycles. The second-order valence-corrected chi connectivity index (χ2v) is 5.51. The van der Waals surface area contributed by atoms with Crippen LogP contribution in [0, 0.1) is 5.92 Å². The van der Waals surface area contributed by atoms with Crippen LogP contribution in [0.25, 0.3) is 0 Å². The van der Waals surface area contributed by atoms with Crippen LogP contribution in [0.4, 0.5) is 0 Å². The maximum Gasteiger partial charge on any atom is 0.161 e. The summed E-state index contributed by atoms with van der Waals surface area (Å²) in [6.45, 7) is 0. The average molecular weight is 278 g/mol. The van der Waals surface area contributed by atoms with Gasteiger partial charge in [-0.05, 0) is 36.5 Å². The molecular formula is C16H26N2O2. The second-order valence-electron chi connectivity index (χ2n) is 5.51. The zero-order valence-corrected chi connectivity index (χ0v) is 12.5. The Hall–Kier alpha value is -1.26. The summed E-state index contributed by atoms with van der Waals surface area (Å²) in [4.78, 5) is 0. The highest BCUT2D eigenvalue weighted by Crippen LogP contribution is 2.36. The summed E-state index contributed by atoms with van der Waals surface area (Å²) in [5, 5.41) is 0. The summed E-state index contributed by atoms with van der Waals surface area (Å²) in [5.41, 5.74) is 4.19. The van der Waals surface area contributed by atoms with Crippen LogP contribution in [-0.4, -0.2) is 14.2 Å². The van der Waals surface area contributed by atoms with Gasteiger partial charge in [0.15, 0.2) is 11.5 Å². The van der Waals surface area contributed by atoms with E-state index in [1.165, 1.54) is 44.1 Å². The molecule has 1 aliphatic carbocycles. The van der Waals surface area contributed by atoms with Gasteiger partial charge < -0.3 is 9.47 Å². The Morgan fingerprint density at radius 1 is 1.05 bits per heavy atom. The van der Waals surface area contributed by atoms with Crippen molar-refractivity contribution >= 4 is 0 Å². The molecule has 2 rings (SSSR count). The molecule has 1 unspecified atom stereocenters. The molecule has 0 bridgehead atoms. The average Bonchev–Trinajstić information content (AvgIpc) is 2.77. The molecule has 1 saturated carbocycles. The Morgan fingerprint density at radius 2 is 1.70 bits per heavy atom. The van der Waals surface area contributed by atoms with Gasteiger partial charge in [-0.3, -0.25) is 11.3 Å². The van der Waals surface area contributed by atoms with E-state index in [9.17, 15) is 0 Å². The summed E-state index contributed by atoms with van der Waals surface area (Å²) in [7, 11) is 3.32. The molecule has 0 radical (unpaired) electrons. The van der Waals surface area contributed by atoms with E-state index in [1.54, 1.807) is 14.2 Å². The lowest BCUT2D eigenvalue weighted by Crippen LogP contribution is -2.33. The van der Waals surface area contributed by atoms with E-state index < -0.39 is 0 Å². The summed E-state index contributed by atoms with van der Waals surface area (Å²) in [6, 6.07) is 6.26. The lowest BCUT2D eigenvalue weighted by Gasteiger charge is -2.26. The molecule has 0 heterocycles. The van der Waals surface area contributed by atoms with Crippen LogP contribution >= 0.6 is 0 Å². The fraction of sp³-hybridized carbons (Fsp3) is 0.625. The van der Waals surface area contributed by atoms with Crippen LogP contribution in [0.3, 0.4) is 0 Å². The van der Waals surface area contributed by atoms with Crippen LogP contribution in [-0.2, 0) is 0 Å². The quantitative estimate of drug-likeness (QED) is 0.493. The summed E-state index contributed by atoms with van der Waals surface area (Å²) in [5.74, 6) is 7.94. The van der Waals surface area contributed by atoms with Crippen LogP contribution in [0.5, 0.6) is 11.5 Å². The van der Waals surface area contributed by atoms with E-state index in [0.717, 1.165) is 11.5 Å². The highest BCUT2D eigenvalue weighted by molar-refractivity contribution is 5.43. The lowest BCUT2D eigenvalue weighted by molar-refractivity contribution is 0.324. The highest BCUT2D eigenvalue weighted by atomic mass is 16.5. The van der Waals surface area contributed by atoms with E-state index in [0.29, 0.717) is 5.92 Å². The van der Waals surface area contributed by atoms with Crippen molar-refractivity contribution in [1.82, 2.24) is 5.43 Å². The van der Waals surface area contributed by atoms with Gasteiger partial charge in [-0.25, -0.2) is 0 Å². The molecule has 1 aromatic rings. The fourth-order valence-electron chi connectivity index (χ4n) is 3.20. The lowest BCUT2D eigenvalue weighted by atomic mass is 9.87. The molecule has 1 fully saturated rings. The third-order valence-electron chi connectivity index (χ3n) is 4.32.